The molecule has 0 spiro atoms. The first-order valence-electron chi connectivity index (χ1n) is 8.80. The van der Waals surface area contributed by atoms with Gasteiger partial charge in [-0.05, 0) is 61.3 Å². The number of H-pyrrole nitrogens is 1. The molecule has 0 fully saturated rings. The van der Waals surface area contributed by atoms with Crippen molar-refractivity contribution in [3.05, 3.63) is 70.9 Å². The van der Waals surface area contributed by atoms with Crippen LogP contribution >= 0.6 is 0 Å². The maximum atomic E-state index is 3.50. The number of aromatic nitrogens is 1. The van der Waals surface area contributed by atoms with Gasteiger partial charge in [-0.15, -0.1) is 0 Å². The summed E-state index contributed by atoms with van der Waals surface area (Å²) in [6, 6.07) is 17.8. The van der Waals surface area contributed by atoms with Crippen molar-refractivity contribution in [2.24, 2.45) is 0 Å². The van der Waals surface area contributed by atoms with E-state index in [1.165, 1.54) is 59.0 Å². The molecule has 0 atom stereocenters. The van der Waals surface area contributed by atoms with Gasteiger partial charge < -0.3 is 4.98 Å². The van der Waals surface area contributed by atoms with Crippen molar-refractivity contribution in [1.82, 2.24) is 4.98 Å². The van der Waals surface area contributed by atoms with Gasteiger partial charge in [-0.25, -0.2) is 0 Å². The summed E-state index contributed by atoms with van der Waals surface area (Å²) < 4.78 is 0. The molecule has 23 heavy (non-hydrogen) atoms. The van der Waals surface area contributed by atoms with E-state index >= 15 is 0 Å². The average Bonchev–Trinajstić information content (AvgIpc) is 2.87. The SMILES string of the molecule is Cc1[nH]c2ccccc2c1CCCCc1ccc(C(C)C)cc1. The van der Waals surface area contributed by atoms with E-state index in [-0.39, 0.29) is 0 Å². The Kier molecular flexibility index (Phi) is 4.85. The second-order valence-corrected chi connectivity index (χ2v) is 6.88. The van der Waals surface area contributed by atoms with Gasteiger partial charge in [0.15, 0.2) is 0 Å². The monoisotopic (exact) mass is 305 g/mol. The Labute approximate surface area is 139 Å². The second kappa shape index (κ2) is 7.04. The molecule has 0 amide bonds. The predicted octanol–water partition coefficient (Wildman–Crippen LogP) is 6.17. The Morgan fingerprint density at radius 1 is 0.870 bits per heavy atom. The standard InChI is InChI=1S/C22H27N/c1-16(2)19-14-12-18(13-15-19)8-4-5-9-20-17(3)23-22-11-7-6-10-21(20)22/h6-7,10-16,23H,4-5,8-9H2,1-3H3. The number of benzene rings is 2. The topological polar surface area (TPSA) is 15.8 Å². The summed E-state index contributed by atoms with van der Waals surface area (Å²) in [6.07, 6.45) is 4.84. The van der Waals surface area contributed by atoms with E-state index in [9.17, 15) is 0 Å². The average molecular weight is 305 g/mol. The Hall–Kier alpha value is -2.02. The first-order valence-corrected chi connectivity index (χ1v) is 8.80. The first kappa shape index (κ1) is 15.9. The van der Waals surface area contributed by atoms with Crippen molar-refractivity contribution >= 4 is 10.9 Å². The lowest BCUT2D eigenvalue weighted by molar-refractivity contribution is 0.733. The number of unbranched alkanes of at least 4 members (excludes halogenated alkanes) is 1. The van der Waals surface area contributed by atoms with E-state index < -0.39 is 0 Å². The van der Waals surface area contributed by atoms with Gasteiger partial charge in [-0.2, -0.15) is 0 Å². The zero-order valence-corrected chi connectivity index (χ0v) is 14.5. The highest BCUT2D eigenvalue weighted by atomic mass is 14.7. The maximum Gasteiger partial charge on any atom is 0.0458 e. The molecule has 120 valence electrons. The van der Waals surface area contributed by atoms with Crippen molar-refractivity contribution in [3.8, 4) is 0 Å². The maximum absolute atomic E-state index is 3.50. The smallest absolute Gasteiger partial charge is 0.0458 e. The predicted molar refractivity (Wildman–Crippen MR) is 100 cm³/mol. The van der Waals surface area contributed by atoms with E-state index in [2.05, 4.69) is 74.3 Å². The van der Waals surface area contributed by atoms with Crippen molar-refractivity contribution in [2.45, 2.75) is 52.4 Å². The number of hydrogen-bond donors (Lipinski definition) is 1. The van der Waals surface area contributed by atoms with Gasteiger partial charge in [-0.3, -0.25) is 0 Å². The summed E-state index contributed by atoms with van der Waals surface area (Å²) in [7, 11) is 0. The highest BCUT2D eigenvalue weighted by Crippen LogP contribution is 2.24. The van der Waals surface area contributed by atoms with Crippen molar-refractivity contribution in [1.29, 1.82) is 0 Å². The molecule has 0 saturated carbocycles. The van der Waals surface area contributed by atoms with E-state index in [1.54, 1.807) is 0 Å². The lowest BCUT2D eigenvalue weighted by Gasteiger charge is -2.07. The first-order chi connectivity index (χ1) is 11.1. The van der Waals surface area contributed by atoms with Gasteiger partial charge in [0.05, 0.1) is 0 Å². The molecule has 0 aliphatic rings. The molecular formula is C22H27N. The number of fused-ring (bicyclic) bond motifs is 1. The molecule has 1 heteroatoms. The summed E-state index contributed by atoms with van der Waals surface area (Å²) >= 11 is 0. The van der Waals surface area contributed by atoms with Gasteiger partial charge in [-0.1, -0.05) is 56.3 Å². The van der Waals surface area contributed by atoms with Gasteiger partial charge >= 0.3 is 0 Å². The number of aryl methyl sites for hydroxylation is 3. The van der Waals surface area contributed by atoms with E-state index in [1.807, 2.05) is 0 Å². The van der Waals surface area contributed by atoms with Crippen molar-refractivity contribution in [2.75, 3.05) is 0 Å². The molecule has 1 aromatic heterocycles. The fourth-order valence-corrected chi connectivity index (χ4v) is 3.36. The van der Waals surface area contributed by atoms with E-state index in [4.69, 9.17) is 0 Å². The molecule has 0 saturated heterocycles. The van der Waals surface area contributed by atoms with Gasteiger partial charge in [0.1, 0.15) is 0 Å². The van der Waals surface area contributed by atoms with Crippen LogP contribution in [0, 0.1) is 6.92 Å². The minimum Gasteiger partial charge on any atom is -0.358 e. The molecule has 3 rings (SSSR count). The molecule has 0 aliphatic heterocycles. The molecule has 3 aromatic rings. The van der Waals surface area contributed by atoms with Gasteiger partial charge in [0.2, 0.25) is 0 Å². The summed E-state index contributed by atoms with van der Waals surface area (Å²) in [5.41, 5.74) is 6.99. The van der Waals surface area contributed by atoms with Crippen LogP contribution in [0.3, 0.4) is 0 Å². The Balaban J connectivity index is 1.56. The van der Waals surface area contributed by atoms with Crippen LogP contribution < -0.4 is 0 Å². The highest BCUT2D eigenvalue weighted by Gasteiger charge is 2.07. The normalized spacial score (nSPS) is 11.5. The molecule has 0 aliphatic carbocycles. The van der Waals surface area contributed by atoms with Crippen molar-refractivity contribution < 1.29 is 0 Å². The van der Waals surface area contributed by atoms with Gasteiger partial charge in [0, 0.05) is 16.6 Å². The fraction of sp³-hybridized carbons (Fsp3) is 0.364. The zero-order chi connectivity index (χ0) is 16.2. The molecule has 0 unspecified atom stereocenters. The number of para-hydroxylation sites is 1. The van der Waals surface area contributed by atoms with E-state index in [0.717, 1.165) is 0 Å². The zero-order valence-electron chi connectivity index (χ0n) is 14.5. The fourth-order valence-electron chi connectivity index (χ4n) is 3.36. The van der Waals surface area contributed by atoms with E-state index in [0.29, 0.717) is 5.92 Å². The molecule has 1 heterocycles. The van der Waals surface area contributed by atoms with Crippen LogP contribution in [-0.4, -0.2) is 4.98 Å². The minimum atomic E-state index is 0.619. The second-order valence-electron chi connectivity index (χ2n) is 6.88. The lowest BCUT2D eigenvalue weighted by atomic mass is 9.98. The number of hydrogen-bond acceptors (Lipinski definition) is 0. The Morgan fingerprint density at radius 2 is 1.57 bits per heavy atom. The molecule has 1 N–H and O–H groups in total. The summed E-state index contributed by atoms with van der Waals surface area (Å²) in [4.78, 5) is 3.50. The highest BCUT2D eigenvalue weighted by molar-refractivity contribution is 5.84. The van der Waals surface area contributed by atoms with Gasteiger partial charge in [0.25, 0.3) is 0 Å². The third kappa shape index (κ3) is 3.67. The Morgan fingerprint density at radius 3 is 2.30 bits per heavy atom. The van der Waals surface area contributed by atoms with Crippen LogP contribution in [0.2, 0.25) is 0 Å². The summed E-state index contributed by atoms with van der Waals surface area (Å²) in [5, 5.41) is 1.39. The van der Waals surface area contributed by atoms with Crippen LogP contribution in [0.15, 0.2) is 48.5 Å². The molecular weight excluding hydrogens is 278 g/mol. The van der Waals surface area contributed by atoms with Crippen LogP contribution in [0.25, 0.3) is 10.9 Å². The third-order valence-corrected chi connectivity index (χ3v) is 4.82. The molecule has 0 bridgehead atoms. The van der Waals surface area contributed by atoms with Crippen LogP contribution in [0.5, 0.6) is 0 Å². The number of nitrogens with one attached hydrogen (secondary N) is 1. The number of rotatable bonds is 6. The van der Waals surface area contributed by atoms with Crippen molar-refractivity contribution in [3.63, 3.8) is 0 Å². The Bertz CT molecular complexity index is 762. The minimum absolute atomic E-state index is 0.619. The summed E-state index contributed by atoms with van der Waals surface area (Å²) in [6.45, 7) is 6.69. The number of aromatic amines is 1. The lowest BCUT2D eigenvalue weighted by Crippen LogP contribution is -1.92. The van der Waals surface area contributed by atoms with Crippen LogP contribution in [-0.2, 0) is 12.8 Å². The van der Waals surface area contributed by atoms with Crippen LogP contribution in [0.4, 0.5) is 0 Å². The molecule has 0 radical (unpaired) electrons. The third-order valence-electron chi connectivity index (χ3n) is 4.82. The largest absolute Gasteiger partial charge is 0.358 e. The molecule has 2 aromatic carbocycles. The quantitative estimate of drug-likeness (QED) is 0.524. The van der Waals surface area contributed by atoms with Crippen LogP contribution in [0.1, 0.15) is 55.0 Å². The molecule has 1 nitrogen and oxygen atoms in total. The summed E-state index contributed by atoms with van der Waals surface area (Å²) in [5.74, 6) is 0.619.